The molecule has 5 heteroatoms. The Morgan fingerprint density at radius 1 is 0.808 bits per heavy atom. The summed E-state index contributed by atoms with van der Waals surface area (Å²) in [5.41, 5.74) is 2.44. The molecule has 0 aliphatic carbocycles. The summed E-state index contributed by atoms with van der Waals surface area (Å²) in [6.07, 6.45) is 4.04. The third-order valence-electron chi connectivity index (χ3n) is 4.99. The number of hydrogen-bond donors (Lipinski definition) is 0. The minimum absolute atomic E-state index is 0.337. The summed E-state index contributed by atoms with van der Waals surface area (Å²) >= 11 is 0. The quantitative estimate of drug-likeness (QED) is 0.469. The van der Waals surface area contributed by atoms with Crippen molar-refractivity contribution in [2.24, 2.45) is 0 Å². The summed E-state index contributed by atoms with van der Waals surface area (Å²) in [6.45, 7) is 8.63. The highest BCUT2D eigenvalue weighted by atomic mass is 16.7. The molecule has 0 N–H and O–H groups in total. The van der Waals surface area contributed by atoms with Crippen LogP contribution < -0.4 is 10.2 Å². The number of ether oxygens (including phenoxy) is 1. The summed E-state index contributed by atoms with van der Waals surface area (Å²) in [5.74, 6) is 0.531. The molecule has 1 saturated heterocycles. The van der Waals surface area contributed by atoms with Gasteiger partial charge in [0.15, 0.2) is 0 Å². The molecule has 3 rings (SSSR count). The van der Waals surface area contributed by atoms with E-state index in [0.29, 0.717) is 12.2 Å². The molecule has 0 unspecified atom stereocenters. The lowest BCUT2D eigenvalue weighted by atomic mass is 9.79. The van der Waals surface area contributed by atoms with Crippen LogP contribution in [0, 0.1) is 0 Å². The van der Waals surface area contributed by atoms with Crippen molar-refractivity contribution >= 4 is 31.2 Å². The van der Waals surface area contributed by atoms with Gasteiger partial charge in [-0.15, -0.1) is 0 Å². The molecule has 0 atom stereocenters. The topological polar surface area (TPSA) is 44.8 Å². The van der Waals surface area contributed by atoms with E-state index in [4.69, 9.17) is 14.0 Å². The van der Waals surface area contributed by atoms with E-state index in [-0.39, 0.29) is 18.3 Å². The SMILES string of the molecule is CC1(C)OB(c2ccc(C=Cc3ccc(OC=O)cc3)cc2)OC1(C)C. The van der Waals surface area contributed by atoms with Gasteiger partial charge in [0.1, 0.15) is 5.75 Å². The van der Waals surface area contributed by atoms with Gasteiger partial charge in [-0.2, -0.15) is 0 Å². The zero-order valence-electron chi connectivity index (χ0n) is 15.6. The van der Waals surface area contributed by atoms with Crippen molar-refractivity contribution < 1.29 is 18.8 Å². The summed E-state index contributed by atoms with van der Waals surface area (Å²) in [6, 6.07) is 15.5. The number of rotatable bonds is 5. The van der Waals surface area contributed by atoms with Crippen LogP contribution in [-0.4, -0.2) is 24.8 Å². The number of carbonyl (C=O) groups excluding carboxylic acids is 1. The second-order valence-corrected chi connectivity index (χ2v) is 7.37. The first kappa shape index (κ1) is 18.4. The normalized spacial score (nSPS) is 18.2. The molecule has 1 aliphatic rings. The van der Waals surface area contributed by atoms with Crippen molar-refractivity contribution in [3.63, 3.8) is 0 Å². The molecule has 2 aromatic carbocycles. The second-order valence-electron chi connectivity index (χ2n) is 7.37. The highest BCUT2D eigenvalue weighted by Crippen LogP contribution is 2.36. The van der Waals surface area contributed by atoms with Crippen LogP contribution >= 0.6 is 0 Å². The zero-order valence-corrected chi connectivity index (χ0v) is 15.6. The fourth-order valence-corrected chi connectivity index (χ4v) is 2.65. The maximum Gasteiger partial charge on any atom is 0.494 e. The first-order valence-electron chi connectivity index (χ1n) is 8.65. The van der Waals surface area contributed by atoms with Crippen molar-refractivity contribution in [3.8, 4) is 5.75 Å². The Bertz CT molecular complexity index is 776. The summed E-state index contributed by atoms with van der Waals surface area (Å²) in [4.78, 5) is 10.3. The number of hydrogen-bond acceptors (Lipinski definition) is 4. The Morgan fingerprint density at radius 3 is 1.73 bits per heavy atom. The van der Waals surface area contributed by atoms with Gasteiger partial charge in [0.2, 0.25) is 0 Å². The van der Waals surface area contributed by atoms with Crippen LogP contribution in [0.25, 0.3) is 12.2 Å². The monoisotopic (exact) mass is 350 g/mol. The Balaban J connectivity index is 1.67. The molecule has 0 spiro atoms. The minimum atomic E-state index is -0.344. The van der Waals surface area contributed by atoms with Crippen molar-refractivity contribution in [1.82, 2.24) is 0 Å². The molecule has 1 fully saturated rings. The molecule has 26 heavy (non-hydrogen) atoms. The van der Waals surface area contributed by atoms with Gasteiger partial charge in [0.05, 0.1) is 11.2 Å². The highest BCUT2D eigenvalue weighted by Gasteiger charge is 2.51. The van der Waals surface area contributed by atoms with Crippen molar-refractivity contribution in [1.29, 1.82) is 0 Å². The van der Waals surface area contributed by atoms with Gasteiger partial charge in [-0.05, 0) is 56.4 Å². The van der Waals surface area contributed by atoms with Crippen LogP contribution in [0.2, 0.25) is 0 Å². The molecular formula is C21H23BO4. The predicted octanol–water partition coefficient (Wildman–Crippen LogP) is 3.69. The fourth-order valence-electron chi connectivity index (χ4n) is 2.65. The minimum Gasteiger partial charge on any atom is -0.429 e. The summed E-state index contributed by atoms with van der Waals surface area (Å²) < 4.78 is 16.9. The van der Waals surface area contributed by atoms with Crippen LogP contribution in [0.3, 0.4) is 0 Å². The van der Waals surface area contributed by atoms with E-state index < -0.39 is 0 Å². The molecule has 0 amide bonds. The van der Waals surface area contributed by atoms with Gasteiger partial charge in [0, 0.05) is 0 Å². The van der Waals surface area contributed by atoms with Gasteiger partial charge in [-0.3, -0.25) is 4.79 Å². The van der Waals surface area contributed by atoms with E-state index >= 15 is 0 Å². The van der Waals surface area contributed by atoms with Crippen LogP contribution in [0.5, 0.6) is 5.75 Å². The summed E-state index contributed by atoms with van der Waals surface area (Å²) in [5, 5.41) is 0. The van der Waals surface area contributed by atoms with Gasteiger partial charge >= 0.3 is 7.12 Å². The lowest BCUT2D eigenvalue weighted by Crippen LogP contribution is -2.41. The van der Waals surface area contributed by atoms with Crippen LogP contribution in [0.1, 0.15) is 38.8 Å². The van der Waals surface area contributed by atoms with E-state index in [2.05, 4.69) is 27.7 Å². The second kappa shape index (κ2) is 7.10. The largest absolute Gasteiger partial charge is 0.494 e. The van der Waals surface area contributed by atoms with Gasteiger partial charge < -0.3 is 14.0 Å². The average molecular weight is 350 g/mol. The number of benzene rings is 2. The molecule has 2 aromatic rings. The molecule has 0 bridgehead atoms. The smallest absolute Gasteiger partial charge is 0.429 e. The van der Waals surface area contributed by atoms with Crippen LogP contribution in [0.15, 0.2) is 48.5 Å². The molecule has 4 nitrogen and oxygen atoms in total. The third-order valence-corrected chi connectivity index (χ3v) is 4.99. The average Bonchev–Trinajstić information content (AvgIpc) is 2.83. The molecule has 1 aliphatic heterocycles. The third kappa shape index (κ3) is 3.89. The zero-order chi connectivity index (χ0) is 18.8. The lowest BCUT2D eigenvalue weighted by Gasteiger charge is -2.32. The Kier molecular flexibility index (Phi) is 5.03. The first-order chi connectivity index (χ1) is 12.3. The highest BCUT2D eigenvalue weighted by molar-refractivity contribution is 6.62. The van der Waals surface area contributed by atoms with Crippen LogP contribution in [0.4, 0.5) is 0 Å². The van der Waals surface area contributed by atoms with E-state index in [1.807, 2.05) is 48.6 Å². The van der Waals surface area contributed by atoms with E-state index in [0.717, 1.165) is 16.6 Å². The van der Waals surface area contributed by atoms with Crippen molar-refractivity contribution in [2.45, 2.75) is 38.9 Å². The fraction of sp³-hybridized carbons (Fsp3) is 0.286. The van der Waals surface area contributed by atoms with E-state index in [9.17, 15) is 4.79 Å². The Morgan fingerprint density at radius 2 is 1.27 bits per heavy atom. The molecule has 1 heterocycles. The first-order valence-corrected chi connectivity index (χ1v) is 8.65. The van der Waals surface area contributed by atoms with Crippen LogP contribution in [-0.2, 0) is 14.1 Å². The number of carbonyl (C=O) groups is 1. The Hall–Kier alpha value is -2.37. The molecule has 134 valence electrons. The maximum atomic E-state index is 10.3. The predicted molar refractivity (Wildman–Crippen MR) is 104 cm³/mol. The molecule has 0 radical (unpaired) electrons. The molecule has 0 aromatic heterocycles. The van der Waals surface area contributed by atoms with Gasteiger partial charge in [-0.1, -0.05) is 48.6 Å². The lowest BCUT2D eigenvalue weighted by molar-refractivity contribution is -0.120. The maximum absolute atomic E-state index is 10.3. The van der Waals surface area contributed by atoms with Crippen molar-refractivity contribution in [3.05, 3.63) is 59.7 Å². The Labute approximate surface area is 154 Å². The van der Waals surface area contributed by atoms with E-state index in [1.165, 1.54) is 0 Å². The summed E-state index contributed by atoms with van der Waals surface area (Å²) in [7, 11) is -0.344. The molecular weight excluding hydrogens is 327 g/mol. The van der Waals surface area contributed by atoms with Gasteiger partial charge in [0.25, 0.3) is 6.47 Å². The van der Waals surface area contributed by atoms with E-state index in [1.54, 1.807) is 12.1 Å². The standard InChI is InChI=1S/C21H23BO4/c1-20(2)21(3,4)26-22(25-20)18-11-7-16(8-12-18)5-6-17-9-13-19(14-10-17)24-15-23/h5-15H,1-4H3. The van der Waals surface area contributed by atoms with Crippen molar-refractivity contribution in [2.75, 3.05) is 0 Å². The molecule has 0 saturated carbocycles. The van der Waals surface area contributed by atoms with Gasteiger partial charge in [-0.25, -0.2) is 0 Å².